The minimum atomic E-state index is -4.47. The molecule has 0 unspecified atom stereocenters. The standard InChI is InChI=1S/C26H19N3O3S.H3N/c30-33(31,32)25-15-7-13-21-23(16-17-24(26(21)25)27-19-10-2-1-3-11-19)29-28-22-14-6-9-18-8-4-5-12-20(18)22;/h1-17,27H,(H,30,31,32);1H3. The Bertz CT molecular complexity index is 1610. The summed E-state index contributed by atoms with van der Waals surface area (Å²) >= 11 is 0. The molecule has 0 spiro atoms. The summed E-state index contributed by atoms with van der Waals surface area (Å²) in [6.07, 6.45) is 0. The zero-order valence-corrected chi connectivity index (χ0v) is 18.9. The van der Waals surface area contributed by atoms with E-state index in [2.05, 4.69) is 15.5 Å². The Kier molecular flexibility index (Phi) is 6.38. The number of rotatable bonds is 5. The smallest absolute Gasteiger partial charge is 0.295 e. The molecule has 0 heterocycles. The lowest BCUT2D eigenvalue weighted by Crippen LogP contribution is -2.01. The lowest BCUT2D eigenvalue weighted by Gasteiger charge is -2.14. The van der Waals surface area contributed by atoms with Gasteiger partial charge in [0.1, 0.15) is 4.90 Å². The molecule has 5 aromatic rings. The van der Waals surface area contributed by atoms with Crippen molar-refractivity contribution in [3.8, 4) is 0 Å². The molecule has 5 N–H and O–H groups in total. The van der Waals surface area contributed by atoms with E-state index < -0.39 is 10.1 Å². The fourth-order valence-electron chi connectivity index (χ4n) is 3.84. The minimum Gasteiger partial charge on any atom is -0.355 e. The molecule has 0 saturated heterocycles. The Labute approximate surface area is 197 Å². The van der Waals surface area contributed by atoms with Gasteiger partial charge in [0.15, 0.2) is 0 Å². The largest absolute Gasteiger partial charge is 0.355 e. The number of hydrogen-bond donors (Lipinski definition) is 3. The summed E-state index contributed by atoms with van der Waals surface area (Å²) in [7, 11) is -4.47. The fourth-order valence-corrected chi connectivity index (χ4v) is 4.57. The highest BCUT2D eigenvalue weighted by molar-refractivity contribution is 7.86. The van der Waals surface area contributed by atoms with Gasteiger partial charge < -0.3 is 11.5 Å². The lowest BCUT2D eigenvalue weighted by molar-refractivity contribution is 0.484. The molecule has 5 aromatic carbocycles. The molecule has 0 radical (unpaired) electrons. The molecule has 0 aliphatic carbocycles. The number of anilines is 2. The van der Waals surface area contributed by atoms with E-state index in [0.29, 0.717) is 27.8 Å². The van der Waals surface area contributed by atoms with Crippen LogP contribution in [0.4, 0.5) is 22.7 Å². The van der Waals surface area contributed by atoms with E-state index in [1.807, 2.05) is 72.8 Å². The van der Waals surface area contributed by atoms with Gasteiger partial charge in [-0.25, -0.2) is 0 Å². The van der Waals surface area contributed by atoms with Gasteiger partial charge in [0.05, 0.1) is 11.4 Å². The third-order valence-corrected chi connectivity index (χ3v) is 6.24. The predicted octanol–water partition coefficient (Wildman–Crippen LogP) is 7.56. The van der Waals surface area contributed by atoms with Gasteiger partial charge in [-0.1, -0.05) is 66.7 Å². The van der Waals surface area contributed by atoms with Gasteiger partial charge in [0.2, 0.25) is 0 Å². The molecule has 170 valence electrons. The van der Waals surface area contributed by atoms with E-state index in [4.69, 9.17) is 0 Å². The van der Waals surface area contributed by atoms with E-state index >= 15 is 0 Å². The van der Waals surface area contributed by atoms with Crippen molar-refractivity contribution in [2.45, 2.75) is 4.90 Å². The fraction of sp³-hybridized carbons (Fsp3) is 0. The number of fused-ring (bicyclic) bond motifs is 2. The summed E-state index contributed by atoms with van der Waals surface area (Å²) in [6, 6.07) is 31.3. The molecule has 0 aliphatic heterocycles. The van der Waals surface area contributed by atoms with Crippen LogP contribution in [0.2, 0.25) is 0 Å². The van der Waals surface area contributed by atoms with Gasteiger partial charge in [-0.3, -0.25) is 4.55 Å². The van der Waals surface area contributed by atoms with Gasteiger partial charge >= 0.3 is 0 Å². The van der Waals surface area contributed by atoms with Crippen LogP contribution in [-0.2, 0) is 10.1 Å². The van der Waals surface area contributed by atoms with E-state index in [0.717, 1.165) is 16.5 Å². The molecule has 0 amide bonds. The average molecular weight is 471 g/mol. The second-order valence-electron chi connectivity index (χ2n) is 7.48. The Morgan fingerprint density at radius 3 is 2.03 bits per heavy atom. The van der Waals surface area contributed by atoms with Crippen molar-refractivity contribution >= 4 is 54.4 Å². The third kappa shape index (κ3) is 4.51. The number of nitrogens with zero attached hydrogens (tertiary/aromatic N) is 2. The first-order valence-corrected chi connectivity index (χ1v) is 11.7. The summed E-state index contributed by atoms with van der Waals surface area (Å²) in [5.74, 6) is 0. The molecular formula is C26H22N4O3S. The van der Waals surface area contributed by atoms with Crippen molar-refractivity contribution in [2.75, 3.05) is 5.32 Å². The maximum absolute atomic E-state index is 12.2. The van der Waals surface area contributed by atoms with E-state index in [9.17, 15) is 13.0 Å². The van der Waals surface area contributed by atoms with Gasteiger partial charge in [-0.05, 0) is 41.8 Å². The van der Waals surface area contributed by atoms with Crippen molar-refractivity contribution in [3.05, 3.63) is 103 Å². The zero-order valence-electron chi connectivity index (χ0n) is 18.1. The van der Waals surface area contributed by atoms with Gasteiger partial charge in [-0.15, -0.1) is 10.2 Å². The van der Waals surface area contributed by atoms with Crippen LogP contribution >= 0.6 is 0 Å². The van der Waals surface area contributed by atoms with Crippen LogP contribution in [0.25, 0.3) is 21.5 Å². The van der Waals surface area contributed by atoms with Gasteiger partial charge in [0.25, 0.3) is 10.1 Å². The molecule has 34 heavy (non-hydrogen) atoms. The summed E-state index contributed by atoms with van der Waals surface area (Å²) in [4.78, 5) is -0.194. The first-order valence-electron chi connectivity index (χ1n) is 10.3. The third-order valence-electron chi connectivity index (χ3n) is 5.34. The quantitative estimate of drug-likeness (QED) is 0.180. The SMILES string of the molecule is N.O=S(=O)(O)c1cccc2c(N=Nc3cccc4ccccc34)ccc(Nc3ccccc3)c12. The lowest BCUT2D eigenvalue weighted by atomic mass is 10.1. The molecule has 8 heteroatoms. The highest BCUT2D eigenvalue weighted by Gasteiger charge is 2.18. The van der Waals surface area contributed by atoms with Crippen molar-refractivity contribution in [1.82, 2.24) is 6.15 Å². The van der Waals surface area contributed by atoms with Crippen molar-refractivity contribution < 1.29 is 13.0 Å². The topological polar surface area (TPSA) is 126 Å². The summed E-state index contributed by atoms with van der Waals surface area (Å²) in [5, 5.41) is 15.1. The predicted molar refractivity (Wildman–Crippen MR) is 137 cm³/mol. The van der Waals surface area contributed by atoms with Crippen LogP contribution < -0.4 is 11.5 Å². The molecule has 0 saturated carbocycles. The minimum absolute atomic E-state index is 0. The number of nitrogens with one attached hydrogen (secondary N) is 1. The molecule has 0 aliphatic rings. The number of benzene rings is 5. The first kappa shape index (κ1) is 23.1. The molecule has 0 fully saturated rings. The number of azo groups is 1. The van der Waals surface area contributed by atoms with E-state index in [1.165, 1.54) is 6.07 Å². The molecule has 0 atom stereocenters. The van der Waals surface area contributed by atoms with Gasteiger partial charge in [-0.2, -0.15) is 8.42 Å². The van der Waals surface area contributed by atoms with Crippen LogP contribution in [0.3, 0.4) is 0 Å². The van der Waals surface area contributed by atoms with Crippen LogP contribution in [-0.4, -0.2) is 13.0 Å². The second-order valence-corrected chi connectivity index (χ2v) is 8.87. The Hall–Kier alpha value is -4.11. The zero-order chi connectivity index (χ0) is 22.8. The Morgan fingerprint density at radius 2 is 1.26 bits per heavy atom. The van der Waals surface area contributed by atoms with Crippen LogP contribution in [0.15, 0.2) is 118 Å². The molecular weight excluding hydrogens is 448 g/mol. The molecule has 0 aromatic heterocycles. The average Bonchev–Trinajstić information content (AvgIpc) is 2.83. The molecule has 5 rings (SSSR count). The van der Waals surface area contributed by atoms with Crippen LogP contribution in [0, 0.1) is 0 Å². The Morgan fingerprint density at radius 1 is 0.647 bits per heavy atom. The highest BCUT2D eigenvalue weighted by atomic mass is 32.2. The highest BCUT2D eigenvalue weighted by Crippen LogP contribution is 2.38. The van der Waals surface area contributed by atoms with E-state index in [1.54, 1.807) is 24.3 Å². The number of hydrogen-bond acceptors (Lipinski definition) is 6. The second kappa shape index (κ2) is 9.40. The normalized spacial score (nSPS) is 11.6. The van der Waals surface area contributed by atoms with Crippen LogP contribution in [0.1, 0.15) is 0 Å². The van der Waals surface area contributed by atoms with E-state index in [-0.39, 0.29) is 11.0 Å². The van der Waals surface area contributed by atoms with Crippen molar-refractivity contribution in [3.63, 3.8) is 0 Å². The summed E-state index contributed by atoms with van der Waals surface area (Å²) < 4.78 is 34.2. The summed E-state index contributed by atoms with van der Waals surface area (Å²) in [5.41, 5.74) is 2.52. The van der Waals surface area contributed by atoms with Crippen LogP contribution in [0.5, 0.6) is 0 Å². The number of para-hydroxylation sites is 1. The maximum atomic E-state index is 12.2. The van der Waals surface area contributed by atoms with Gasteiger partial charge in [0, 0.05) is 27.5 Å². The molecule has 0 bridgehead atoms. The maximum Gasteiger partial charge on any atom is 0.295 e. The molecule has 7 nitrogen and oxygen atoms in total. The van der Waals surface area contributed by atoms with Crippen molar-refractivity contribution in [2.24, 2.45) is 10.2 Å². The Balaban J connectivity index is 0.00000274. The monoisotopic (exact) mass is 470 g/mol. The first-order chi connectivity index (χ1) is 16.0. The summed E-state index contributed by atoms with van der Waals surface area (Å²) in [6.45, 7) is 0. The van der Waals surface area contributed by atoms with Crippen molar-refractivity contribution in [1.29, 1.82) is 0 Å².